The molecular weight excluding hydrogens is 254 g/mol. The third-order valence-electron chi connectivity index (χ3n) is 2.96. The van der Waals surface area contributed by atoms with Crippen LogP contribution >= 0.6 is 0 Å². The van der Waals surface area contributed by atoms with Gasteiger partial charge in [-0.05, 0) is 25.0 Å². The molecule has 0 aliphatic rings. The Morgan fingerprint density at radius 2 is 2.05 bits per heavy atom. The molecule has 114 valence electrons. The monoisotopic (exact) mass is 281 g/mol. The zero-order valence-corrected chi connectivity index (χ0v) is 13.0. The van der Waals surface area contributed by atoms with Crippen molar-refractivity contribution in [3.63, 3.8) is 0 Å². The van der Waals surface area contributed by atoms with Crippen LogP contribution in [0.5, 0.6) is 5.75 Å². The molecule has 1 aromatic carbocycles. The normalized spacial score (nSPS) is 12.7. The quantitative estimate of drug-likeness (QED) is 0.682. The Kier molecular flexibility index (Phi) is 7.59. The number of hydrogen-bond acceptors (Lipinski definition) is 4. The van der Waals surface area contributed by atoms with Crippen LogP contribution in [0.15, 0.2) is 18.2 Å². The predicted molar refractivity (Wildman–Crippen MR) is 81.2 cm³/mol. The smallest absolute Gasteiger partial charge is 0.124 e. The van der Waals surface area contributed by atoms with Gasteiger partial charge in [0.15, 0.2) is 0 Å². The van der Waals surface area contributed by atoms with E-state index in [0.717, 1.165) is 30.0 Å². The Labute approximate surface area is 122 Å². The van der Waals surface area contributed by atoms with Gasteiger partial charge in [-0.15, -0.1) is 0 Å². The topological polar surface area (TPSA) is 50.7 Å². The van der Waals surface area contributed by atoms with Crippen LogP contribution in [0.25, 0.3) is 0 Å². The van der Waals surface area contributed by atoms with Gasteiger partial charge in [-0.1, -0.05) is 25.5 Å². The van der Waals surface area contributed by atoms with Crippen molar-refractivity contribution in [2.75, 3.05) is 33.4 Å². The van der Waals surface area contributed by atoms with E-state index in [1.807, 2.05) is 25.1 Å². The molecule has 1 unspecified atom stereocenters. The van der Waals surface area contributed by atoms with Crippen LogP contribution in [0.4, 0.5) is 0 Å². The molecule has 0 aliphatic heterocycles. The van der Waals surface area contributed by atoms with E-state index in [4.69, 9.17) is 9.47 Å². The molecule has 0 spiro atoms. The lowest BCUT2D eigenvalue weighted by Gasteiger charge is -2.16. The highest BCUT2D eigenvalue weighted by atomic mass is 16.5. The summed E-state index contributed by atoms with van der Waals surface area (Å²) >= 11 is 0. The van der Waals surface area contributed by atoms with Crippen LogP contribution in [0.3, 0.4) is 0 Å². The standard InChI is InChI=1S/C16H27NO3/c1-12(2)11-20-8-7-17-10-15(18)14-9-13(3)5-6-16(14)19-4/h5-6,9,12,15,17-18H,7-8,10-11H2,1-4H3. The minimum absolute atomic E-state index is 0.491. The lowest BCUT2D eigenvalue weighted by Crippen LogP contribution is -2.26. The van der Waals surface area contributed by atoms with Gasteiger partial charge in [0.05, 0.1) is 19.8 Å². The van der Waals surface area contributed by atoms with E-state index in [2.05, 4.69) is 19.2 Å². The highest BCUT2D eigenvalue weighted by molar-refractivity contribution is 5.38. The molecule has 2 N–H and O–H groups in total. The molecule has 0 radical (unpaired) electrons. The molecule has 4 heteroatoms. The van der Waals surface area contributed by atoms with Gasteiger partial charge in [0, 0.05) is 25.3 Å². The van der Waals surface area contributed by atoms with E-state index in [9.17, 15) is 5.11 Å². The van der Waals surface area contributed by atoms with Crippen molar-refractivity contribution in [1.29, 1.82) is 0 Å². The first-order chi connectivity index (χ1) is 9.54. The molecule has 4 nitrogen and oxygen atoms in total. The molecular formula is C16H27NO3. The van der Waals surface area contributed by atoms with E-state index >= 15 is 0 Å². The fourth-order valence-corrected chi connectivity index (χ4v) is 1.93. The van der Waals surface area contributed by atoms with Crippen molar-refractivity contribution in [3.05, 3.63) is 29.3 Å². The minimum Gasteiger partial charge on any atom is -0.496 e. The molecule has 0 fully saturated rings. The van der Waals surface area contributed by atoms with E-state index in [-0.39, 0.29) is 0 Å². The molecule has 1 atom stereocenters. The molecule has 0 saturated heterocycles. The van der Waals surface area contributed by atoms with Gasteiger partial charge < -0.3 is 19.9 Å². The number of nitrogens with one attached hydrogen (secondary N) is 1. The van der Waals surface area contributed by atoms with Gasteiger partial charge in [-0.2, -0.15) is 0 Å². The van der Waals surface area contributed by atoms with Gasteiger partial charge in [0.1, 0.15) is 5.75 Å². The molecule has 0 heterocycles. The maximum absolute atomic E-state index is 10.2. The molecule has 1 rings (SSSR count). The van der Waals surface area contributed by atoms with Crippen molar-refractivity contribution in [3.8, 4) is 5.75 Å². The zero-order chi connectivity index (χ0) is 15.0. The minimum atomic E-state index is -0.574. The maximum Gasteiger partial charge on any atom is 0.124 e. The molecule has 0 amide bonds. The SMILES string of the molecule is COc1ccc(C)cc1C(O)CNCCOCC(C)C. The average Bonchev–Trinajstić information content (AvgIpc) is 2.42. The largest absolute Gasteiger partial charge is 0.496 e. The second kappa shape index (κ2) is 8.95. The number of aliphatic hydroxyl groups is 1. The van der Waals surface area contributed by atoms with Crippen LogP contribution in [0.1, 0.15) is 31.1 Å². The van der Waals surface area contributed by atoms with Crippen molar-refractivity contribution in [1.82, 2.24) is 5.32 Å². The van der Waals surface area contributed by atoms with Crippen molar-refractivity contribution in [2.24, 2.45) is 5.92 Å². The predicted octanol–water partition coefficient (Wildman–Crippen LogP) is 2.30. The molecule has 0 aliphatic carbocycles. The van der Waals surface area contributed by atoms with Gasteiger partial charge in [-0.3, -0.25) is 0 Å². The van der Waals surface area contributed by atoms with Crippen LogP contribution in [-0.4, -0.2) is 38.5 Å². The van der Waals surface area contributed by atoms with Crippen LogP contribution in [0.2, 0.25) is 0 Å². The number of rotatable bonds is 9. The first kappa shape index (κ1) is 17.0. The second-order valence-electron chi connectivity index (χ2n) is 5.43. The Morgan fingerprint density at radius 3 is 2.70 bits per heavy atom. The third kappa shape index (κ3) is 5.90. The fraction of sp³-hybridized carbons (Fsp3) is 0.625. The number of aliphatic hydroxyl groups excluding tert-OH is 1. The summed E-state index contributed by atoms with van der Waals surface area (Å²) in [6.07, 6.45) is -0.574. The first-order valence-electron chi connectivity index (χ1n) is 7.15. The van der Waals surface area contributed by atoms with Crippen molar-refractivity contribution >= 4 is 0 Å². The summed E-state index contributed by atoms with van der Waals surface area (Å²) in [6, 6.07) is 5.82. The Balaban J connectivity index is 2.35. The zero-order valence-electron chi connectivity index (χ0n) is 13.0. The highest BCUT2D eigenvalue weighted by Gasteiger charge is 2.12. The molecule has 0 saturated carbocycles. The van der Waals surface area contributed by atoms with Crippen molar-refractivity contribution in [2.45, 2.75) is 26.9 Å². The summed E-state index contributed by atoms with van der Waals surface area (Å²) in [4.78, 5) is 0. The molecule has 0 bridgehead atoms. The summed E-state index contributed by atoms with van der Waals surface area (Å²) in [5, 5.41) is 13.4. The Morgan fingerprint density at radius 1 is 1.30 bits per heavy atom. The van der Waals surface area contributed by atoms with Gasteiger partial charge >= 0.3 is 0 Å². The van der Waals surface area contributed by atoms with Gasteiger partial charge in [-0.25, -0.2) is 0 Å². The van der Waals surface area contributed by atoms with E-state index in [1.54, 1.807) is 7.11 Å². The summed E-state index contributed by atoms with van der Waals surface area (Å²) in [5.41, 5.74) is 1.93. The van der Waals surface area contributed by atoms with Crippen LogP contribution in [0, 0.1) is 12.8 Å². The number of benzene rings is 1. The Hall–Kier alpha value is -1.10. The van der Waals surface area contributed by atoms with E-state index < -0.39 is 6.10 Å². The van der Waals surface area contributed by atoms with E-state index in [1.165, 1.54) is 0 Å². The van der Waals surface area contributed by atoms with Crippen LogP contribution < -0.4 is 10.1 Å². The highest BCUT2D eigenvalue weighted by Crippen LogP contribution is 2.25. The first-order valence-corrected chi connectivity index (χ1v) is 7.15. The summed E-state index contributed by atoms with van der Waals surface area (Å²) in [7, 11) is 1.62. The second-order valence-corrected chi connectivity index (χ2v) is 5.43. The van der Waals surface area contributed by atoms with Crippen molar-refractivity contribution < 1.29 is 14.6 Å². The van der Waals surface area contributed by atoms with Gasteiger partial charge in [0.2, 0.25) is 0 Å². The molecule has 1 aromatic rings. The number of methoxy groups -OCH3 is 1. The number of aryl methyl sites for hydroxylation is 1. The maximum atomic E-state index is 10.2. The Bertz CT molecular complexity index is 393. The number of ether oxygens (including phenoxy) is 2. The number of hydrogen-bond donors (Lipinski definition) is 2. The van der Waals surface area contributed by atoms with E-state index in [0.29, 0.717) is 19.1 Å². The molecule has 0 aromatic heterocycles. The lowest BCUT2D eigenvalue weighted by molar-refractivity contribution is 0.107. The average molecular weight is 281 g/mol. The lowest BCUT2D eigenvalue weighted by atomic mass is 10.1. The van der Waals surface area contributed by atoms with Gasteiger partial charge in [0.25, 0.3) is 0 Å². The van der Waals surface area contributed by atoms with Crippen LogP contribution in [-0.2, 0) is 4.74 Å². The summed E-state index contributed by atoms with van der Waals surface area (Å²) in [6.45, 7) is 8.92. The fourth-order valence-electron chi connectivity index (χ4n) is 1.93. The summed E-state index contributed by atoms with van der Waals surface area (Å²) < 4.78 is 10.8. The summed E-state index contributed by atoms with van der Waals surface area (Å²) in [5.74, 6) is 1.28. The third-order valence-corrected chi connectivity index (χ3v) is 2.96. The molecule has 20 heavy (non-hydrogen) atoms.